The Morgan fingerprint density at radius 2 is 1.54 bits per heavy atom. The molecule has 3 fully saturated rings. The molecule has 7 rings (SSSR count). The molecule has 8 atom stereocenters. The number of phenols is 1. The highest BCUT2D eigenvalue weighted by Crippen LogP contribution is 2.37. The smallest absolute Gasteiger partial charge is 0.364 e. The van der Waals surface area contributed by atoms with Crippen LogP contribution >= 0.6 is 0 Å². The molecule has 0 unspecified atom stereocenters. The molecule has 366 valence electrons. The molecule has 2 saturated carbocycles. The van der Waals surface area contributed by atoms with Crippen LogP contribution in [0.3, 0.4) is 0 Å². The van der Waals surface area contributed by atoms with Crippen LogP contribution in [0.2, 0.25) is 0 Å². The fourth-order valence-corrected chi connectivity index (χ4v) is 9.07. The van der Waals surface area contributed by atoms with Gasteiger partial charge in [-0.2, -0.15) is 0 Å². The Balaban J connectivity index is 1.04. The molecule has 4 heterocycles. The third-order valence-electron chi connectivity index (χ3n) is 12.7. The Morgan fingerprint density at radius 1 is 0.868 bits per heavy atom. The van der Waals surface area contributed by atoms with Crippen LogP contribution in [0.4, 0.5) is 0 Å². The third-order valence-corrected chi connectivity index (χ3v) is 12.7. The van der Waals surface area contributed by atoms with Gasteiger partial charge in [-0.05, 0) is 74.9 Å². The standard InChI is InChI=1S/C45H59N11O12/c1-25-16-28(17-26(2)39(25)61)42(63)48-20-34(58)40(62)41-38(50-37(60)24-56-22-32(52-54-56)27-10-4-3-5-11-27)33(57)18-45(68-41,44(65)66)67-35-14-7-6-12-30(35)49-36(59)23-55-21-29(51-53-55)19-47-43(64)31-13-8-9-15-46-31/h8-9,13,15-17,21-22,27,30,33-35,38,40-41,57-58,61-62H,3-7,10-12,14,18-20,23-24H2,1-2H3,(H,47,64)(H,48,63)(H,49,59)(H,50,60)(H,65,66)/t30-,33+,34-,35-,38-,40-,41-,45-/m1/s1. The van der Waals surface area contributed by atoms with Crippen LogP contribution in [0.15, 0.2) is 48.9 Å². The first-order chi connectivity index (χ1) is 32.6. The number of phenolic OH excluding ortho intramolecular Hbond substituents is 1. The average molecular weight is 946 g/mol. The van der Waals surface area contributed by atoms with Gasteiger partial charge in [0.05, 0.1) is 48.8 Å². The van der Waals surface area contributed by atoms with Gasteiger partial charge in [-0.3, -0.25) is 24.2 Å². The van der Waals surface area contributed by atoms with E-state index in [4.69, 9.17) is 9.47 Å². The fraction of sp³-hybridized carbons (Fsp3) is 0.556. The van der Waals surface area contributed by atoms with E-state index < -0.39 is 91.0 Å². The van der Waals surface area contributed by atoms with Gasteiger partial charge < -0.3 is 56.3 Å². The molecular formula is C45H59N11O12. The van der Waals surface area contributed by atoms with E-state index >= 15 is 0 Å². The van der Waals surface area contributed by atoms with Gasteiger partial charge in [0.2, 0.25) is 11.8 Å². The lowest BCUT2D eigenvalue weighted by Crippen LogP contribution is -2.69. The largest absolute Gasteiger partial charge is 0.507 e. The minimum atomic E-state index is -2.66. The minimum Gasteiger partial charge on any atom is -0.507 e. The number of aliphatic carboxylic acids is 1. The number of hydrogen-bond donors (Lipinski definition) is 9. The second-order valence-electron chi connectivity index (χ2n) is 17.8. The van der Waals surface area contributed by atoms with Gasteiger partial charge >= 0.3 is 5.97 Å². The second kappa shape index (κ2) is 22.1. The van der Waals surface area contributed by atoms with Gasteiger partial charge in [-0.15, -0.1) is 10.2 Å². The molecule has 0 bridgehead atoms. The number of carboxylic acids is 1. The predicted molar refractivity (Wildman–Crippen MR) is 236 cm³/mol. The summed E-state index contributed by atoms with van der Waals surface area (Å²) in [7, 11) is 0. The van der Waals surface area contributed by atoms with Gasteiger partial charge in [0.25, 0.3) is 17.6 Å². The molecule has 68 heavy (non-hydrogen) atoms. The number of benzene rings is 1. The molecular weight excluding hydrogens is 887 g/mol. The molecule has 4 aromatic rings. The van der Waals surface area contributed by atoms with E-state index in [1.807, 2.05) is 0 Å². The normalized spacial score (nSPS) is 24.0. The van der Waals surface area contributed by atoms with E-state index in [9.17, 15) is 49.5 Å². The van der Waals surface area contributed by atoms with Gasteiger partial charge in [0, 0.05) is 36.8 Å². The number of nitrogens with zero attached hydrogens (tertiary/aromatic N) is 7. The average Bonchev–Trinajstić information content (AvgIpc) is 3.99. The number of aromatic hydroxyl groups is 1. The number of aryl methyl sites for hydroxylation is 2. The summed E-state index contributed by atoms with van der Waals surface area (Å²) in [5.41, 5.74) is 2.38. The predicted octanol–water partition coefficient (Wildman–Crippen LogP) is 0.276. The number of aromatic nitrogens is 7. The Kier molecular flexibility index (Phi) is 16.1. The SMILES string of the molecule is Cc1cc(C(=O)NC[C@@H](O)[C@@H](O)[C@@H]2O[C@@](O[C@@H]3CCCC[C@H]3NC(=O)Cn3cc(CNC(=O)c4ccccn4)nn3)(C(=O)O)C[C@H](O)[C@H]2NC(=O)Cn2cc(C3CCCCC3)nn2)cc(C)c1O. The summed E-state index contributed by atoms with van der Waals surface area (Å²) in [4.78, 5) is 69.9. The molecule has 1 saturated heterocycles. The summed E-state index contributed by atoms with van der Waals surface area (Å²) in [5, 5.41) is 82.9. The summed E-state index contributed by atoms with van der Waals surface area (Å²) in [5.74, 6) is -6.39. The minimum absolute atomic E-state index is 0.0144. The topological polar surface area (TPSA) is 327 Å². The van der Waals surface area contributed by atoms with Crippen LogP contribution in [0.1, 0.15) is 113 Å². The Labute approximate surface area is 391 Å². The first kappa shape index (κ1) is 49.5. The summed E-state index contributed by atoms with van der Waals surface area (Å²) >= 11 is 0. The highest BCUT2D eigenvalue weighted by atomic mass is 16.7. The summed E-state index contributed by atoms with van der Waals surface area (Å²) in [6.45, 7) is 2.04. The van der Waals surface area contributed by atoms with E-state index in [-0.39, 0.29) is 49.0 Å². The van der Waals surface area contributed by atoms with E-state index in [2.05, 4.69) is 46.9 Å². The number of ether oxygens (including phenoxy) is 2. The number of amides is 4. The van der Waals surface area contributed by atoms with Crippen molar-refractivity contribution in [1.82, 2.24) is 56.2 Å². The van der Waals surface area contributed by atoms with Crippen LogP contribution in [-0.4, -0.2) is 145 Å². The molecule has 1 aliphatic heterocycles. The summed E-state index contributed by atoms with van der Waals surface area (Å²) in [6, 6.07) is 5.55. The Hall–Kier alpha value is -6.40. The zero-order valence-electron chi connectivity index (χ0n) is 37.9. The van der Waals surface area contributed by atoms with Crippen molar-refractivity contribution in [3.05, 3.63) is 82.7 Å². The van der Waals surface area contributed by atoms with E-state index in [1.54, 1.807) is 38.2 Å². The number of carbonyl (C=O) groups is 5. The van der Waals surface area contributed by atoms with E-state index in [1.165, 1.54) is 33.9 Å². The first-order valence-corrected chi connectivity index (χ1v) is 22.9. The molecule has 0 spiro atoms. The number of carboxylic acid groups (broad SMARTS) is 1. The molecule has 23 heteroatoms. The van der Waals surface area contributed by atoms with Crippen molar-refractivity contribution in [2.75, 3.05) is 6.54 Å². The van der Waals surface area contributed by atoms with Gasteiger partial charge in [0.1, 0.15) is 42.4 Å². The third kappa shape index (κ3) is 12.2. The maximum atomic E-state index is 13.6. The number of hydrogen-bond acceptors (Lipinski definition) is 16. The summed E-state index contributed by atoms with van der Waals surface area (Å²) < 4.78 is 15.0. The van der Waals surface area contributed by atoms with E-state index in [0.717, 1.165) is 37.8 Å². The maximum absolute atomic E-state index is 13.6. The molecule has 9 N–H and O–H groups in total. The Bertz CT molecular complexity index is 2390. The first-order valence-electron chi connectivity index (χ1n) is 22.9. The van der Waals surface area contributed by atoms with Gasteiger partial charge in [-0.25, -0.2) is 14.2 Å². The highest BCUT2D eigenvalue weighted by molar-refractivity contribution is 5.95. The van der Waals surface area contributed by atoms with Crippen LogP contribution in [0.25, 0.3) is 0 Å². The van der Waals surface area contributed by atoms with E-state index in [0.29, 0.717) is 36.1 Å². The summed E-state index contributed by atoms with van der Waals surface area (Å²) in [6.07, 6.45) is 2.52. The van der Waals surface area contributed by atoms with Crippen molar-refractivity contribution in [3.8, 4) is 5.75 Å². The van der Waals surface area contributed by atoms with Crippen molar-refractivity contribution in [2.24, 2.45) is 0 Å². The van der Waals surface area contributed by atoms with Gasteiger partial charge in [-0.1, -0.05) is 48.6 Å². The zero-order chi connectivity index (χ0) is 48.5. The molecule has 0 radical (unpaired) electrons. The number of aliphatic hydroxyl groups is 3. The lowest BCUT2D eigenvalue weighted by atomic mass is 9.87. The number of aliphatic hydroxyl groups excluding tert-OH is 3. The quantitative estimate of drug-likeness (QED) is 0.0647. The van der Waals surface area contributed by atoms with Crippen LogP contribution < -0.4 is 21.3 Å². The maximum Gasteiger partial charge on any atom is 0.364 e. The highest BCUT2D eigenvalue weighted by Gasteiger charge is 2.57. The van der Waals surface area contributed by atoms with Crippen molar-refractivity contribution in [1.29, 1.82) is 0 Å². The number of carbonyl (C=O) groups excluding carboxylic acids is 4. The molecule has 2 aliphatic carbocycles. The van der Waals surface area contributed by atoms with Crippen molar-refractivity contribution >= 4 is 29.6 Å². The van der Waals surface area contributed by atoms with Crippen molar-refractivity contribution in [2.45, 2.75) is 152 Å². The van der Waals surface area contributed by atoms with Crippen molar-refractivity contribution in [3.63, 3.8) is 0 Å². The molecule has 23 nitrogen and oxygen atoms in total. The zero-order valence-corrected chi connectivity index (χ0v) is 37.9. The number of nitrogens with one attached hydrogen (secondary N) is 4. The van der Waals surface area contributed by atoms with Crippen molar-refractivity contribution < 1.29 is 59.0 Å². The lowest BCUT2D eigenvalue weighted by Gasteiger charge is -2.48. The van der Waals surface area contributed by atoms with Crippen LogP contribution in [0, 0.1) is 13.8 Å². The Morgan fingerprint density at radius 3 is 2.25 bits per heavy atom. The lowest BCUT2D eigenvalue weighted by molar-refractivity contribution is -0.325. The molecule has 3 aliphatic rings. The molecule has 4 amide bonds. The number of pyridine rings is 1. The molecule has 1 aromatic carbocycles. The van der Waals surface area contributed by atoms with Crippen LogP contribution in [-0.2, 0) is 43.5 Å². The monoisotopic (exact) mass is 945 g/mol. The fourth-order valence-electron chi connectivity index (χ4n) is 9.07. The van der Waals surface area contributed by atoms with Crippen LogP contribution in [0.5, 0.6) is 5.75 Å². The number of rotatable bonds is 18. The second-order valence-corrected chi connectivity index (χ2v) is 17.8. The van der Waals surface area contributed by atoms with Gasteiger partial charge in [0.15, 0.2) is 0 Å². The molecule has 3 aromatic heterocycles.